The van der Waals surface area contributed by atoms with Gasteiger partial charge >= 0.3 is 12.2 Å². The van der Waals surface area contributed by atoms with Crippen LogP contribution in [-0.4, -0.2) is 66.7 Å². The molecule has 198 valence electrons. The van der Waals surface area contributed by atoms with Crippen LogP contribution in [0.5, 0.6) is 0 Å². The molecule has 9 heteroatoms. The van der Waals surface area contributed by atoms with E-state index in [-0.39, 0.29) is 24.6 Å². The van der Waals surface area contributed by atoms with E-state index in [1.807, 2.05) is 20.8 Å². The van der Waals surface area contributed by atoms with Crippen molar-refractivity contribution in [3.63, 3.8) is 0 Å². The highest BCUT2D eigenvalue weighted by atomic mass is 16.6. The Morgan fingerprint density at radius 2 is 1.54 bits per heavy atom. The molecule has 3 aliphatic rings. The highest BCUT2D eigenvalue weighted by molar-refractivity contribution is 5.89. The van der Waals surface area contributed by atoms with Gasteiger partial charge in [0, 0.05) is 6.54 Å². The summed E-state index contributed by atoms with van der Waals surface area (Å²) in [5.41, 5.74) is -0.596. The zero-order valence-corrected chi connectivity index (χ0v) is 21.6. The first-order valence-corrected chi connectivity index (χ1v) is 13.3. The van der Waals surface area contributed by atoms with Gasteiger partial charge in [-0.1, -0.05) is 52.9 Å². The zero-order valence-electron chi connectivity index (χ0n) is 21.6. The summed E-state index contributed by atoms with van der Waals surface area (Å²) in [7, 11) is 0. The second-order valence-electron chi connectivity index (χ2n) is 11.4. The molecule has 0 aromatic rings. The Morgan fingerprint density at radius 1 is 0.886 bits per heavy atom. The standard InChI is InChI=1S/C26H43N3O6/c1-26(2,3)22-23(31)29-16-19(15-20(29)17-30)27-25(33)35-21-13-9-8-12-18(21)11-7-5-4-6-10-14-34-24(32)28-22/h17-22H,4-16H2,1-3H3,(H,27,33)(H,28,32)/t18?,19-,20+,21?,22-/m1/s1. The molecule has 3 amide bonds. The Hall–Kier alpha value is -2.32. The third-order valence-electron chi connectivity index (χ3n) is 7.53. The smallest absolute Gasteiger partial charge is 0.407 e. The van der Waals surface area contributed by atoms with Gasteiger partial charge in [0.25, 0.3) is 0 Å². The van der Waals surface area contributed by atoms with Crippen molar-refractivity contribution < 1.29 is 28.7 Å². The topological polar surface area (TPSA) is 114 Å². The summed E-state index contributed by atoms with van der Waals surface area (Å²) in [6.07, 6.45) is 10.1. The van der Waals surface area contributed by atoms with Crippen molar-refractivity contribution in [1.82, 2.24) is 15.5 Å². The molecule has 5 atom stereocenters. The average Bonchev–Trinajstić information content (AvgIpc) is 3.21. The third-order valence-corrected chi connectivity index (χ3v) is 7.53. The van der Waals surface area contributed by atoms with Gasteiger partial charge in [0.1, 0.15) is 18.4 Å². The van der Waals surface area contributed by atoms with Gasteiger partial charge in [0.2, 0.25) is 5.91 Å². The number of rotatable bonds is 1. The van der Waals surface area contributed by atoms with Gasteiger partial charge in [0.15, 0.2) is 0 Å². The van der Waals surface area contributed by atoms with Crippen LogP contribution in [0.25, 0.3) is 0 Å². The number of ether oxygens (including phenoxy) is 2. The van der Waals surface area contributed by atoms with Crippen molar-refractivity contribution >= 4 is 24.4 Å². The molecule has 2 N–H and O–H groups in total. The lowest BCUT2D eigenvalue weighted by molar-refractivity contribution is -0.138. The Bertz CT molecular complexity index is 752. The molecule has 1 aliphatic carbocycles. The van der Waals surface area contributed by atoms with Gasteiger partial charge in [0.05, 0.1) is 18.7 Å². The lowest BCUT2D eigenvalue weighted by Crippen LogP contribution is -2.56. The van der Waals surface area contributed by atoms with E-state index in [1.54, 1.807) is 0 Å². The van der Waals surface area contributed by atoms with Crippen LogP contribution in [0.15, 0.2) is 0 Å². The van der Waals surface area contributed by atoms with Gasteiger partial charge in [-0.2, -0.15) is 0 Å². The van der Waals surface area contributed by atoms with Gasteiger partial charge < -0.3 is 29.8 Å². The largest absolute Gasteiger partial charge is 0.450 e. The number of carbonyl (C=O) groups excluding carboxylic acids is 4. The summed E-state index contributed by atoms with van der Waals surface area (Å²) in [6, 6.07) is -1.93. The van der Waals surface area contributed by atoms with E-state index in [0.717, 1.165) is 64.1 Å². The fraction of sp³-hybridized carbons (Fsp3) is 0.846. The summed E-state index contributed by atoms with van der Waals surface area (Å²) in [4.78, 5) is 51.9. The minimum Gasteiger partial charge on any atom is -0.450 e. The van der Waals surface area contributed by atoms with Crippen molar-refractivity contribution in [2.24, 2.45) is 11.3 Å². The molecule has 35 heavy (non-hydrogen) atoms. The van der Waals surface area contributed by atoms with Crippen LogP contribution < -0.4 is 10.6 Å². The first-order chi connectivity index (χ1) is 16.7. The number of amides is 3. The highest BCUT2D eigenvalue weighted by Crippen LogP contribution is 2.31. The predicted molar refractivity (Wildman–Crippen MR) is 131 cm³/mol. The van der Waals surface area contributed by atoms with Gasteiger partial charge in [-0.05, 0) is 49.9 Å². The number of aldehydes is 1. The van der Waals surface area contributed by atoms with Gasteiger partial charge in [-0.15, -0.1) is 0 Å². The number of fused-ring (bicyclic) bond motifs is 3. The Balaban J connectivity index is 1.74. The quantitative estimate of drug-likeness (QED) is 0.535. The number of hydrogen-bond acceptors (Lipinski definition) is 6. The van der Waals surface area contributed by atoms with E-state index in [0.29, 0.717) is 18.9 Å². The summed E-state index contributed by atoms with van der Waals surface area (Å²) in [5.74, 6) is 0.0232. The van der Waals surface area contributed by atoms with Crippen molar-refractivity contribution in [3.8, 4) is 0 Å². The number of nitrogens with one attached hydrogen (secondary N) is 2. The minimum absolute atomic E-state index is 0.0794. The fourth-order valence-corrected chi connectivity index (χ4v) is 5.53. The molecule has 3 rings (SSSR count). The molecule has 2 aliphatic heterocycles. The normalized spacial score (nSPS) is 32.4. The average molecular weight is 494 g/mol. The summed E-state index contributed by atoms with van der Waals surface area (Å²) in [5, 5.41) is 5.60. The number of carbonyl (C=O) groups is 4. The summed E-state index contributed by atoms with van der Waals surface area (Å²) in [6.45, 7) is 6.06. The lowest BCUT2D eigenvalue weighted by Gasteiger charge is -2.34. The van der Waals surface area contributed by atoms with E-state index in [1.165, 1.54) is 11.3 Å². The van der Waals surface area contributed by atoms with Crippen LogP contribution in [0, 0.1) is 11.3 Å². The van der Waals surface area contributed by atoms with E-state index in [2.05, 4.69) is 10.6 Å². The molecule has 2 bridgehead atoms. The summed E-state index contributed by atoms with van der Waals surface area (Å²) < 4.78 is 11.2. The second-order valence-corrected chi connectivity index (χ2v) is 11.4. The Labute approximate surface area is 209 Å². The highest BCUT2D eigenvalue weighted by Gasteiger charge is 2.43. The third kappa shape index (κ3) is 7.84. The lowest BCUT2D eigenvalue weighted by atomic mass is 9.83. The predicted octanol–water partition coefficient (Wildman–Crippen LogP) is 3.93. The fourth-order valence-electron chi connectivity index (χ4n) is 5.53. The van der Waals surface area contributed by atoms with E-state index in [9.17, 15) is 19.2 Å². The number of nitrogens with zero attached hydrogens (tertiary/aromatic N) is 1. The SMILES string of the molecule is CC(C)(C)[C@@H]1NC(=O)OCCCCCCCC2CCCCC2OC(=O)N[C@@H]2C[C@@H](C=O)N(C2)C1=O. The number of alkyl carbamates (subject to hydrolysis) is 2. The van der Waals surface area contributed by atoms with E-state index < -0.39 is 29.7 Å². The van der Waals surface area contributed by atoms with Crippen molar-refractivity contribution in [3.05, 3.63) is 0 Å². The molecular formula is C26H43N3O6. The van der Waals surface area contributed by atoms with Crippen LogP contribution in [0.1, 0.15) is 91.4 Å². The first-order valence-electron chi connectivity index (χ1n) is 13.3. The molecule has 0 aromatic heterocycles. The molecule has 3 fully saturated rings. The second kappa shape index (κ2) is 12.6. The molecule has 2 heterocycles. The van der Waals surface area contributed by atoms with Crippen LogP contribution in [0.2, 0.25) is 0 Å². The molecule has 1 saturated carbocycles. The summed E-state index contributed by atoms with van der Waals surface area (Å²) >= 11 is 0. The maximum Gasteiger partial charge on any atom is 0.407 e. The molecule has 0 radical (unpaired) electrons. The Kier molecular flexibility index (Phi) is 9.80. The van der Waals surface area contributed by atoms with Gasteiger partial charge in [-0.3, -0.25) is 4.79 Å². The number of hydrogen-bond donors (Lipinski definition) is 2. The molecule has 9 nitrogen and oxygen atoms in total. The monoisotopic (exact) mass is 493 g/mol. The first kappa shape index (κ1) is 27.3. The van der Waals surface area contributed by atoms with E-state index in [4.69, 9.17) is 9.47 Å². The maximum absolute atomic E-state index is 13.5. The van der Waals surface area contributed by atoms with Crippen LogP contribution >= 0.6 is 0 Å². The van der Waals surface area contributed by atoms with Crippen molar-refractivity contribution in [2.45, 2.75) is 116 Å². The number of cyclic esters (lactones) is 1. The van der Waals surface area contributed by atoms with Crippen molar-refractivity contribution in [1.29, 1.82) is 0 Å². The maximum atomic E-state index is 13.5. The Morgan fingerprint density at radius 3 is 2.26 bits per heavy atom. The molecular weight excluding hydrogens is 450 g/mol. The molecule has 2 saturated heterocycles. The van der Waals surface area contributed by atoms with Crippen molar-refractivity contribution in [2.75, 3.05) is 13.2 Å². The van der Waals surface area contributed by atoms with Crippen LogP contribution in [0.4, 0.5) is 9.59 Å². The molecule has 0 spiro atoms. The minimum atomic E-state index is -0.864. The molecule has 2 unspecified atom stereocenters. The zero-order chi connectivity index (χ0) is 25.4. The van der Waals surface area contributed by atoms with Crippen LogP contribution in [-0.2, 0) is 19.1 Å². The molecule has 0 aromatic carbocycles. The van der Waals surface area contributed by atoms with Gasteiger partial charge in [-0.25, -0.2) is 9.59 Å². The van der Waals surface area contributed by atoms with E-state index >= 15 is 0 Å². The van der Waals surface area contributed by atoms with Crippen LogP contribution in [0.3, 0.4) is 0 Å².